The van der Waals surface area contributed by atoms with E-state index in [0.717, 1.165) is 76.9 Å². The van der Waals surface area contributed by atoms with E-state index in [0.29, 0.717) is 18.5 Å². The zero-order valence-corrected chi connectivity index (χ0v) is 29.6. The number of carbonyl (C=O) groups is 1. The number of H-pyrrole nitrogens is 1. The highest BCUT2D eigenvalue weighted by Crippen LogP contribution is 2.39. The Morgan fingerprint density at radius 3 is 2.28 bits per heavy atom. The number of likely N-dealkylation sites (tertiary alicyclic amines) is 1. The summed E-state index contributed by atoms with van der Waals surface area (Å²) in [6.07, 6.45) is 1.71. The van der Waals surface area contributed by atoms with Crippen molar-refractivity contribution in [1.82, 2.24) is 19.8 Å². The van der Waals surface area contributed by atoms with Crippen molar-refractivity contribution in [2.75, 3.05) is 19.6 Å². The Hall–Kier alpha value is -5.32. The predicted molar refractivity (Wildman–Crippen MR) is 205 cm³/mol. The number of ether oxygens (including phenoxy) is 2. The van der Waals surface area contributed by atoms with Gasteiger partial charge in [-0.3, -0.25) is 9.36 Å². The van der Waals surface area contributed by atoms with Crippen molar-refractivity contribution < 1.29 is 19.4 Å². The molecule has 3 heterocycles. The molecule has 2 aliphatic rings. The van der Waals surface area contributed by atoms with Crippen molar-refractivity contribution in [2.24, 2.45) is 0 Å². The summed E-state index contributed by atoms with van der Waals surface area (Å²) < 4.78 is 15.3. The smallest absolute Gasteiger partial charge is 0.326 e. The quantitative estimate of drug-likeness (QED) is 0.138. The number of nitrogens with zero attached hydrogens (tertiary/aromatic N) is 2. The third kappa shape index (κ3) is 7.89. The Bertz CT molecular complexity index is 2210. The number of amides is 1. The lowest BCUT2D eigenvalue weighted by Crippen LogP contribution is -2.43. The number of carbonyl (C=O) groups excluding carboxylic acids is 1. The fourth-order valence-corrected chi connectivity index (χ4v) is 7.69. The summed E-state index contributed by atoms with van der Waals surface area (Å²) in [5.41, 5.74) is 8.46. The van der Waals surface area contributed by atoms with E-state index in [-0.39, 0.29) is 36.5 Å². The number of benzene rings is 5. The predicted octanol–water partition coefficient (Wildman–Crippen LogP) is 7.30. The van der Waals surface area contributed by atoms with Crippen LogP contribution < -0.4 is 11.0 Å². The monoisotopic (exact) mass is 708 g/mol. The second kappa shape index (κ2) is 15.7. The number of piperidine rings is 1. The Balaban J connectivity index is 0.951. The molecule has 5 aromatic carbocycles. The van der Waals surface area contributed by atoms with Crippen LogP contribution in [0.15, 0.2) is 132 Å². The highest BCUT2D eigenvalue weighted by molar-refractivity contribution is 5.94. The van der Waals surface area contributed by atoms with E-state index in [1.54, 1.807) is 0 Å². The lowest BCUT2D eigenvalue weighted by atomic mass is 9.98. The Morgan fingerprint density at radius 1 is 0.774 bits per heavy atom. The van der Waals surface area contributed by atoms with Gasteiger partial charge < -0.3 is 29.8 Å². The molecule has 2 saturated heterocycles. The first-order valence-corrected chi connectivity index (χ1v) is 18.5. The lowest BCUT2D eigenvalue weighted by Gasteiger charge is -2.40. The van der Waals surface area contributed by atoms with Crippen LogP contribution in [0.5, 0.6) is 0 Å². The van der Waals surface area contributed by atoms with E-state index in [1.165, 1.54) is 0 Å². The molecule has 9 nitrogen and oxygen atoms in total. The van der Waals surface area contributed by atoms with Gasteiger partial charge in [0.25, 0.3) is 5.91 Å². The molecule has 2 aliphatic heterocycles. The molecule has 1 aromatic heterocycles. The minimum Gasteiger partial charge on any atom is -0.392 e. The topological polar surface area (TPSA) is 109 Å². The molecule has 2 fully saturated rings. The molecule has 0 aliphatic carbocycles. The van der Waals surface area contributed by atoms with Crippen molar-refractivity contribution in [3.05, 3.63) is 166 Å². The molecule has 3 atom stereocenters. The summed E-state index contributed by atoms with van der Waals surface area (Å²) >= 11 is 0. The number of para-hydroxylation sites is 2. The summed E-state index contributed by atoms with van der Waals surface area (Å²) in [4.78, 5) is 30.9. The van der Waals surface area contributed by atoms with Crippen LogP contribution in [0, 0.1) is 0 Å². The van der Waals surface area contributed by atoms with Crippen molar-refractivity contribution in [3.63, 3.8) is 0 Å². The molecule has 0 bridgehead atoms. The number of hydrogen-bond acceptors (Lipinski definition) is 6. The van der Waals surface area contributed by atoms with Gasteiger partial charge in [-0.2, -0.15) is 0 Å². The number of rotatable bonds is 10. The SMILES string of the molecule is O=C(NCc1cccc(-c2ccc(C3OC(CN4CCC(n5c(=O)[nH]c6ccccc65)CC4)CC(c4ccc(CO)cc4)O3)cc2)c1)c1ccccc1. The van der Waals surface area contributed by atoms with Gasteiger partial charge in [-0.25, -0.2) is 4.79 Å². The molecular formula is C44H44N4O5. The maximum atomic E-state index is 12.9. The first-order chi connectivity index (χ1) is 26.0. The highest BCUT2D eigenvalue weighted by Gasteiger charge is 2.34. The first kappa shape index (κ1) is 34.7. The van der Waals surface area contributed by atoms with E-state index in [4.69, 9.17) is 9.47 Å². The zero-order valence-electron chi connectivity index (χ0n) is 29.6. The first-order valence-electron chi connectivity index (χ1n) is 18.5. The largest absolute Gasteiger partial charge is 0.392 e. The number of aliphatic hydroxyl groups is 1. The third-order valence-corrected chi connectivity index (χ3v) is 10.6. The van der Waals surface area contributed by atoms with Crippen molar-refractivity contribution in [1.29, 1.82) is 0 Å². The molecule has 3 N–H and O–H groups in total. The lowest BCUT2D eigenvalue weighted by molar-refractivity contribution is -0.253. The van der Waals surface area contributed by atoms with Crippen molar-refractivity contribution in [2.45, 2.75) is 57.0 Å². The molecule has 270 valence electrons. The van der Waals surface area contributed by atoms with E-state index in [9.17, 15) is 14.7 Å². The summed E-state index contributed by atoms with van der Waals surface area (Å²) in [7, 11) is 0. The molecule has 9 heteroatoms. The van der Waals surface area contributed by atoms with Crippen LogP contribution in [-0.2, 0) is 22.6 Å². The molecule has 3 unspecified atom stereocenters. The zero-order chi connectivity index (χ0) is 36.1. The molecule has 0 radical (unpaired) electrons. The number of aromatic amines is 1. The molecule has 53 heavy (non-hydrogen) atoms. The fraction of sp³-hybridized carbons (Fsp3) is 0.273. The van der Waals surface area contributed by atoms with Crippen LogP contribution in [0.2, 0.25) is 0 Å². The number of aromatic nitrogens is 2. The van der Waals surface area contributed by atoms with Crippen LogP contribution >= 0.6 is 0 Å². The van der Waals surface area contributed by atoms with Crippen molar-refractivity contribution in [3.8, 4) is 11.1 Å². The maximum absolute atomic E-state index is 12.9. The van der Waals surface area contributed by atoms with Gasteiger partial charge in [0.2, 0.25) is 0 Å². The summed E-state index contributed by atoms with van der Waals surface area (Å²) in [5, 5.41) is 12.6. The molecule has 6 aromatic rings. The average molecular weight is 709 g/mol. The van der Waals surface area contributed by atoms with Crippen LogP contribution in [0.25, 0.3) is 22.2 Å². The number of nitrogens with one attached hydrogen (secondary N) is 2. The van der Waals surface area contributed by atoms with E-state index in [1.807, 2.05) is 95.6 Å². The molecule has 1 amide bonds. The van der Waals surface area contributed by atoms with E-state index >= 15 is 0 Å². The minimum atomic E-state index is -0.549. The molecule has 0 spiro atoms. The number of aliphatic hydroxyl groups excluding tert-OH is 1. The molecule has 8 rings (SSSR count). The van der Waals surface area contributed by atoms with Gasteiger partial charge in [0, 0.05) is 49.8 Å². The highest BCUT2D eigenvalue weighted by atomic mass is 16.7. The van der Waals surface area contributed by atoms with Crippen molar-refractivity contribution >= 4 is 16.9 Å². The Morgan fingerprint density at radius 2 is 1.51 bits per heavy atom. The van der Waals surface area contributed by atoms with E-state index in [2.05, 4.69) is 51.6 Å². The van der Waals surface area contributed by atoms with E-state index < -0.39 is 6.29 Å². The van der Waals surface area contributed by atoms with Crippen LogP contribution in [0.4, 0.5) is 0 Å². The van der Waals surface area contributed by atoms with Gasteiger partial charge in [0.05, 0.1) is 29.8 Å². The van der Waals surface area contributed by atoms with Crippen LogP contribution in [-0.4, -0.2) is 51.2 Å². The summed E-state index contributed by atoms with van der Waals surface area (Å²) in [6.45, 7) is 2.96. The summed E-state index contributed by atoms with van der Waals surface area (Å²) in [5.74, 6) is -0.0967. The number of hydrogen-bond donors (Lipinski definition) is 3. The fourth-order valence-electron chi connectivity index (χ4n) is 7.69. The number of imidazole rings is 1. The van der Waals surface area contributed by atoms with Gasteiger partial charge in [-0.05, 0) is 71.0 Å². The second-order valence-corrected chi connectivity index (χ2v) is 14.1. The molecular weight excluding hydrogens is 665 g/mol. The molecule has 0 saturated carbocycles. The summed E-state index contributed by atoms with van der Waals surface area (Å²) in [6, 6.07) is 41.8. The van der Waals surface area contributed by atoms with Gasteiger partial charge >= 0.3 is 5.69 Å². The standard InChI is InChI=1S/C44H44N4O5/c49-29-30-13-15-33(16-14-30)41-26-38(28-47-23-21-37(22-24-47)48-40-12-5-4-11-39(40)46-44(48)51)52-43(53-41)35-19-17-32(18-20-35)36-10-6-7-31(25-36)27-45-42(50)34-8-2-1-3-9-34/h1-20,25,37-38,41,43,49H,21-24,26-29H2,(H,45,50)(H,46,51). The minimum absolute atomic E-state index is 0.00161. The van der Waals surface area contributed by atoms with Crippen LogP contribution in [0.1, 0.15) is 70.3 Å². The third-order valence-electron chi connectivity index (χ3n) is 10.6. The second-order valence-electron chi connectivity index (χ2n) is 14.1. The van der Waals surface area contributed by atoms with Crippen LogP contribution in [0.3, 0.4) is 0 Å². The normalized spacial score (nSPS) is 19.7. The Kier molecular flexibility index (Phi) is 10.3. The maximum Gasteiger partial charge on any atom is 0.326 e. The van der Waals surface area contributed by atoms with Gasteiger partial charge in [-0.15, -0.1) is 0 Å². The van der Waals surface area contributed by atoms with Gasteiger partial charge in [0.15, 0.2) is 6.29 Å². The number of fused-ring (bicyclic) bond motifs is 1. The Labute approximate surface area is 308 Å². The van der Waals surface area contributed by atoms with Gasteiger partial charge in [-0.1, -0.05) is 97.1 Å². The van der Waals surface area contributed by atoms with Gasteiger partial charge in [0.1, 0.15) is 0 Å². The average Bonchev–Trinajstić information content (AvgIpc) is 3.56.